The molecule has 0 saturated carbocycles. The van der Waals surface area contributed by atoms with Crippen molar-refractivity contribution in [1.29, 1.82) is 0 Å². The van der Waals surface area contributed by atoms with E-state index in [1.165, 1.54) is 4.80 Å². The second kappa shape index (κ2) is 6.96. The Hall–Kier alpha value is -2.99. The van der Waals surface area contributed by atoms with Crippen molar-refractivity contribution in [2.75, 3.05) is 0 Å². The van der Waals surface area contributed by atoms with Gasteiger partial charge in [-0.1, -0.05) is 40.2 Å². The summed E-state index contributed by atoms with van der Waals surface area (Å²) in [7, 11) is 0. The highest BCUT2D eigenvalue weighted by Gasteiger charge is 2.16. The largest absolute Gasteiger partial charge is 0.421 e. The number of carbonyl (C=O) groups excluding carboxylic acids is 1. The van der Waals surface area contributed by atoms with E-state index in [2.05, 4.69) is 26.1 Å². The molecule has 0 radical (unpaired) electrons. The van der Waals surface area contributed by atoms with Crippen LogP contribution in [-0.4, -0.2) is 21.0 Å². The standard InChI is InChI=1S/C21H16BrN3O2/c1-13-7-10-20(27-21(26)15-9-8-14(2)16(22)12-15)19(11-13)25-23-17-5-3-4-6-18(17)24-25/h3-12H,1-2H3. The number of fused-ring (bicyclic) bond motifs is 1. The first kappa shape index (κ1) is 17.4. The summed E-state index contributed by atoms with van der Waals surface area (Å²) in [6, 6.07) is 18.5. The highest BCUT2D eigenvalue weighted by atomic mass is 79.9. The van der Waals surface area contributed by atoms with Crippen LogP contribution in [0.25, 0.3) is 16.7 Å². The first-order valence-electron chi connectivity index (χ1n) is 8.43. The zero-order valence-electron chi connectivity index (χ0n) is 14.8. The number of halogens is 1. The summed E-state index contributed by atoms with van der Waals surface area (Å²) < 4.78 is 6.53. The Morgan fingerprint density at radius 3 is 2.33 bits per heavy atom. The van der Waals surface area contributed by atoms with E-state index in [0.29, 0.717) is 17.0 Å². The molecule has 27 heavy (non-hydrogen) atoms. The van der Waals surface area contributed by atoms with Gasteiger partial charge in [0.1, 0.15) is 16.7 Å². The van der Waals surface area contributed by atoms with Gasteiger partial charge in [-0.2, -0.15) is 0 Å². The van der Waals surface area contributed by atoms with Gasteiger partial charge in [-0.15, -0.1) is 15.0 Å². The van der Waals surface area contributed by atoms with Crippen LogP contribution in [0.3, 0.4) is 0 Å². The van der Waals surface area contributed by atoms with Gasteiger partial charge in [-0.05, 0) is 61.4 Å². The summed E-state index contributed by atoms with van der Waals surface area (Å²) in [6.45, 7) is 3.93. The molecule has 0 saturated heterocycles. The lowest BCUT2D eigenvalue weighted by atomic mass is 10.1. The van der Waals surface area contributed by atoms with Crippen molar-refractivity contribution >= 4 is 32.9 Å². The first-order chi connectivity index (χ1) is 13.0. The molecule has 0 aliphatic rings. The maximum atomic E-state index is 12.6. The molecule has 1 aromatic heterocycles. The van der Waals surface area contributed by atoms with Crippen LogP contribution < -0.4 is 4.74 Å². The zero-order chi connectivity index (χ0) is 19.0. The van der Waals surface area contributed by atoms with Crippen LogP contribution in [0.1, 0.15) is 21.5 Å². The maximum absolute atomic E-state index is 12.6. The Morgan fingerprint density at radius 1 is 0.963 bits per heavy atom. The van der Waals surface area contributed by atoms with E-state index in [1.54, 1.807) is 18.2 Å². The van der Waals surface area contributed by atoms with Gasteiger partial charge in [0.15, 0.2) is 5.75 Å². The zero-order valence-corrected chi connectivity index (χ0v) is 16.4. The molecule has 0 aliphatic heterocycles. The van der Waals surface area contributed by atoms with Gasteiger partial charge in [0.05, 0.1) is 5.56 Å². The average molecular weight is 422 g/mol. The third kappa shape index (κ3) is 3.48. The van der Waals surface area contributed by atoms with Crippen LogP contribution in [0.2, 0.25) is 0 Å². The van der Waals surface area contributed by atoms with Crippen molar-refractivity contribution in [3.05, 3.63) is 81.8 Å². The van der Waals surface area contributed by atoms with Gasteiger partial charge in [0, 0.05) is 4.47 Å². The van der Waals surface area contributed by atoms with E-state index in [9.17, 15) is 4.79 Å². The van der Waals surface area contributed by atoms with Crippen molar-refractivity contribution in [1.82, 2.24) is 15.0 Å². The fraction of sp³-hybridized carbons (Fsp3) is 0.0952. The molecule has 0 aliphatic carbocycles. The topological polar surface area (TPSA) is 57.0 Å². The number of aromatic nitrogens is 3. The Balaban J connectivity index is 1.73. The third-order valence-electron chi connectivity index (χ3n) is 4.23. The van der Waals surface area contributed by atoms with Gasteiger partial charge < -0.3 is 4.74 Å². The van der Waals surface area contributed by atoms with Gasteiger partial charge in [-0.3, -0.25) is 0 Å². The van der Waals surface area contributed by atoms with Gasteiger partial charge in [-0.25, -0.2) is 4.79 Å². The van der Waals surface area contributed by atoms with Gasteiger partial charge >= 0.3 is 5.97 Å². The SMILES string of the molecule is Cc1ccc(OC(=O)c2ccc(C)c(Br)c2)c(-n2nc3ccccc3n2)c1. The highest BCUT2D eigenvalue weighted by molar-refractivity contribution is 9.10. The Morgan fingerprint density at radius 2 is 1.67 bits per heavy atom. The van der Waals surface area contributed by atoms with Crippen LogP contribution in [0.4, 0.5) is 0 Å². The second-order valence-electron chi connectivity index (χ2n) is 6.30. The Labute approximate surface area is 164 Å². The molecule has 134 valence electrons. The molecule has 4 rings (SSSR count). The number of nitrogens with zero attached hydrogens (tertiary/aromatic N) is 3. The number of aryl methyl sites for hydroxylation is 2. The third-order valence-corrected chi connectivity index (χ3v) is 5.08. The minimum Gasteiger partial charge on any atom is -0.421 e. The van der Waals surface area contributed by atoms with Crippen LogP contribution in [0.15, 0.2) is 65.1 Å². The monoisotopic (exact) mass is 421 g/mol. The smallest absolute Gasteiger partial charge is 0.343 e. The number of hydrogen-bond donors (Lipinski definition) is 0. The molecule has 3 aromatic carbocycles. The number of carbonyl (C=O) groups is 1. The van der Waals surface area contributed by atoms with Crippen molar-refractivity contribution in [2.45, 2.75) is 13.8 Å². The molecule has 0 fully saturated rings. The first-order valence-corrected chi connectivity index (χ1v) is 9.22. The molecule has 5 nitrogen and oxygen atoms in total. The summed E-state index contributed by atoms with van der Waals surface area (Å²) >= 11 is 3.45. The normalized spacial score (nSPS) is 10.9. The molecule has 0 bridgehead atoms. The predicted molar refractivity (Wildman–Crippen MR) is 107 cm³/mol. The van der Waals surface area contributed by atoms with Crippen LogP contribution in [0.5, 0.6) is 5.75 Å². The second-order valence-corrected chi connectivity index (χ2v) is 7.16. The van der Waals surface area contributed by atoms with Crippen molar-refractivity contribution in [3.8, 4) is 11.4 Å². The van der Waals surface area contributed by atoms with Crippen LogP contribution >= 0.6 is 15.9 Å². The van der Waals surface area contributed by atoms with Gasteiger partial charge in [0.2, 0.25) is 0 Å². The summed E-state index contributed by atoms with van der Waals surface area (Å²) in [5.41, 5.74) is 4.71. The predicted octanol–water partition coefficient (Wildman–Crippen LogP) is 5.02. The molecule has 4 aromatic rings. The highest BCUT2D eigenvalue weighted by Crippen LogP contribution is 2.26. The lowest BCUT2D eigenvalue weighted by Crippen LogP contribution is -2.11. The minimum atomic E-state index is -0.433. The lowest BCUT2D eigenvalue weighted by Gasteiger charge is -2.10. The summed E-state index contributed by atoms with van der Waals surface area (Å²) in [4.78, 5) is 14.1. The van der Waals surface area contributed by atoms with E-state index >= 15 is 0 Å². The number of rotatable bonds is 3. The molecule has 6 heteroatoms. The molecule has 0 atom stereocenters. The fourth-order valence-corrected chi connectivity index (χ4v) is 3.09. The van der Waals surface area contributed by atoms with Crippen LogP contribution in [-0.2, 0) is 0 Å². The van der Waals surface area contributed by atoms with Crippen molar-refractivity contribution in [2.24, 2.45) is 0 Å². The van der Waals surface area contributed by atoms with E-state index in [1.807, 2.05) is 56.3 Å². The molecule has 0 spiro atoms. The molecular formula is C21H16BrN3O2. The fourth-order valence-electron chi connectivity index (χ4n) is 2.72. The number of benzene rings is 3. The minimum absolute atomic E-state index is 0.405. The number of hydrogen-bond acceptors (Lipinski definition) is 4. The van der Waals surface area contributed by atoms with E-state index in [-0.39, 0.29) is 0 Å². The van der Waals surface area contributed by atoms with Crippen molar-refractivity contribution < 1.29 is 9.53 Å². The summed E-state index contributed by atoms with van der Waals surface area (Å²) in [6.07, 6.45) is 0. The summed E-state index contributed by atoms with van der Waals surface area (Å²) in [5, 5.41) is 8.99. The van der Waals surface area contributed by atoms with Crippen molar-refractivity contribution in [3.63, 3.8) is 0 Å². The molecule has 1 heterocycles. The Kier molecular flexibility index (Phi) is 4.49. The Bertz CT molecular complexity index is 1130. The quantitative estimate of drug-likeness (QED) is 0.344. The molecule has 0 unspecified atom stereocenters. The van der Waals surface area contributed by atoms with Crippen LogP contribution in [0, 0.1) is 13.8 Å². The average Bonchev–Trinajstić information content (AvgIpc) is 3.09. The molecular weight excluding hydrogens is 406 g/mol. The van der Waals surface area contributed by atoms with E-state index < -0.39 is 5.97 Å². The number of esters is 1. The number of ether oxygens (including phenoxy) is 1. The van der Waals surface area contributed by atoms with E-state index in [4.69, 9.17) is 4.74 Å². The lowest BCUT2D eigenvalue weighted by molar-refractivity contribution is 0.0734. The molecule has 0 N–H and O–H groups in total. The van der Waals surface area contributed by atoms with E-state index in [0.717, 1.165) is 26.6 Å². The van der Waals surface area contributed by atoms with Gasteiger partial charge in [0.25, 0.3) is 0 Å². The maximum Gasteiger partial charge on any atom is 0.343 e. The summed E-state index contributed by atoms with van der Waals surface area (Å²) in [5.74, 6) is -0.0277. The molecule has 0 amide bonds.